The number of carbonyl (C=O) groups excluding carboxylic acids is 1. The van der Waals surface area contributed by atoms with Gasteiger partial charge < -0.3 is 9.88 Å². The summed E-state index contributed by atoms with van der Waals surface area (Å²) in [6, 6.07) is 10.4. The molecule has 5 heteroatoms. The van der Waals surface area contributed by atoms with Crippen molar-refractivity contribution in [3.8, 4) is 0 Å². The van der Waals surface area contributed by atoms with Crippen molar-refractivity contribution in [3.05, 3.63) is 59.2 Å². The van der Waals surface area contributed by atoms with Gasteiger partial charge in [-0.05, 0) is 25.3 Å². The average Bonchev–Trinajstić information content (AvgIpc) is 3.08. The van der Waals surface area contributed by atoms with E-state index in [1.807, 2.05) is 13.0 Å². The summed E-state index contributed by atoms with van der Waals surface area (Å²) in [5, 5.41) is 0. The minimum atomic E-state index is 0.113. The molecule has 4 rings (SSSR count). The number of H-pyrrole nitrogens is 1. The van der Waals surface area contributed by atoms with Crippen LogP contribution >= 0.6 is 0 Å². The van der Waals surface area contributed by atoms with Crippen LogP contribution in [-0.2, 0) is 17.6 Å². The van der Waals surface area contributed by atoms with Crippen molar-refractivity contribution in [2.24, 2.45) is 5.92 Å². The summed E-state index contributed by atoms with van der Waals surface area (Å²) >= 11 is 0. The maximum absolute atomic E-state index is 12.9. The number of benzene rings is 1. The number of aromatic amines is 1. The number of hydrogen-bond acceptors (Lipinski definition) is 3. The second-order valence-electron chi connectivity index (χ2n) is 7.63. The van der Waals surface area contributed by atoms with Gasteiger partial charge in [-0.2, -0.15) is 0 Å². The van der Waals surface area contributed by atoms with Gasteiger partial charge in [0.15, 0.2) is 0 Å². The number of carbonyl (C=O) groups is 1. The van der Waals surface area contributed by atoms with Crippen molar-refractivity contribution in [1.82, 2.24) is 19.8 Å². The number of piperazine rings is 1. The summed E-state index contributed by atoms with van der Waals surface area (Å²) in [5.74, 6) is 1.40. The molecular formula is C22H28N4O. The van der Waals surface area contributed by atoms with E-state index in [9.17, 15) is 4.79 Å². The molecule has 1 fully saturated rings. The van der Waals surface area contributed by atoms with Crippen LogP contribution in [0, 0.1) is 12.8 Å². The molecule has 1 aromatic heterocycles. The Labute approximate surface area is 161 Å². The Morgan fingerprint density at radius 3 is 2.78 bits per heavy atom. The quantitative estimate of drug-likeness (QED) is 0.907. The van der Waals surface area contributed by atoms with Gasteiger partial charge in [0.25, 0.3) is 0 Å². The number of rotatable bonds is 4. The first-order valence-electron chi connectivity index (χ1n) is 9.96. The third-order valence-corrected chi connectivity index (χ3v) is 5.67. The van der Waals surface area contributed by atoms with E-state index >= 15 is 0 Å². The first-order chi connectivity index (χ1) is 13.2. The van der Waals surface area contributed by atoms with Crippen LogP contribution in [0.15, 0.2) is 36.4 Å². The van der Waals surface area contributed by atoms with E-state index in [1.165, 1.54) is 11.3 Å². The third kappa shape index (κ3) is 4.30. The molecule has 1 unspecified atom stereocenters. The highest BCUT2D eigenvalue weighted by molar-refractivity contribution is 5.79. The lowest BCUT2D eigenvalue weighted by Gasteiger charge is -2.36. The predicted octanol–water partition coefficient (Wildman–Crippen LogP) is 2.68. The monoisotopic (exact) mass is 364 g/mol. The Hall–Kier alpha value is -2.40. The maximum atomic E-state index is 12.9. The molecule has 1 saturated heterocycles. The van der Waals surface area contributed by atoms with Gasteiger partial charge in [-0.3, -0.25) is 9.69 Å². The molecule has 2 heterocycles. The highest BCUT2D eigenvalue weighted by Crippen LogP contribution is 2.25. The van der Waals surface area contributed by atoms with Gasteiger partial charge in [0.1, 0.15) is 5.82 Å². The van der Waals surface area contributed by atoms with E-state index in [0.717, 1.165) is 63.5 Å². The van der Waals surface area contributed by atoms with E-state index in [2.05, 4.69) is 56.2 Å². The molecule has 5 nitrogen and oxygen atoms in total. The first-order valence-corrected chi connectivity index (χ1v) is 9.96. The number of nitrogens with one attached hydrogen (secondary N) is 1. The molecule has 0 bridgehead atoms. The topological polar surface area (TPSA) is 52.2 Å². The van der Waals surface area contributed by atoms with E-state index in [0.29, 0.717) is 5.91 Å². The lowest BCUT2D eigenvalue weighted by molar-refractivity contribution is -0.137. The number of hydrogen-bond donors (Lipinski definition) is 1. The molecule has 27 heavy (non-hydrogen) atoms. The van der Waals surface area contributed by atoms with Crippen LogP contribution < -0.4 is 0 Å². The van der Waals surface area contributed by atoms with Crippen LogP contribution in [-0.4, -0.2) is 58.4 Å². The van der Waals surface area contributed by atoms with E-state index < -0.39 is 0 Å². The number of amides is 1. The number of aromatic nitrogens is 2. The highest BCUT2D eigenvalue weighted by atomic mass is 16.2. The third-order valence-electron chi connectivity index (χ3n) is 5.67. The summed E-state index contributed by atoms with van der Waals surface area (Å²) in [4.78, 5) is 25.3. The van der Waals surface area contributed by atoms with Crippen molar-refractivity contribution in [2.75, 3.05) is 32.7 Å². The van der Waals surface area contributed by atoms with Crippen LogP contribution in [0.4, 0.5) is 0 Å². The summed E-state index contributed by atoms with van der Waals surface area (Å²) in [5.41, 5.74) is 3.56. The zero-order chi connectivity index (χ0) is 18.6. The second-order valence-corrected chi connectivity index (χ2v) is 7.63. The fraction of sp³-hybridized carbons (Fsp3) is 0.455. The van der Waals surface area contributed by atoms with Gasteiger partial charge in [-0.15, -0.1) is 0 Å². The van der Waals surface area contributed by atoms with Crippen LogP contribution in [0.3, 0.4) is 0 Å². The zero-order valence-corrected chi connectivity index (χ0v) is 16.0. The molecule has 142 valence electrons. The van der Waals surface area contributed by atoms with Crippen LogP contribution in [0.2, 0.25) is 0 Å². The number of nitrogens with zero attached hydrogens (tertiary/aromatic N) is 3. The largest absolute Gasteiger partial charge is 0.346 e. The van der Waals surface area contributed by atoms with E-state index in [-0.39, 0.29) is 5.92 Å². The molecule has 0 radical (unpaired) electrons. The molecule has 1 N–H and O–H groups in total. The summed E-state index contributed by atoms with van der Waals surface area (Å²) < 4.78 is 0. The first kappa shape index (κ1) is 18.0. The van der Waals surface area contributed by atoms with Gasteiger partial charge in [-0.1, -0.05) is 42.5 Å². The molecule has 2 aromatic rings. The Morgan fingerprint density at radius 1 is 1.22 bits per heavy atom. The van der Waals surface area contributed by atoms with Crippen molar-refractivity contribution in [3.63, 3.8) is 0 Å². The SMILES string of the molecule is Cc1nc2c([nH]1)CC(C(=O)N1CCN(C/C=C/c3ccccc3)CC1)CC2. The minimum Gasteiger partial charge on any atom is -0.346 e. The van der Waals surface area contributed by atoms with Crippen molar-refractivity contribution in [1.29, 1.82) is 0 Å². The lowest BCUT2D eigenvalue weighted by Crippen LogP contribution is -2.50. The maximum Gasteiger partial charge on any atom is 0.226 e. The molecule has 1 aromatic carbocycles. The van der Waals surface area contributed by atoms with Gasteiger partial charge in [0, 0.05) is 50.8 Å². The molecule has 0 saturated carbocycles. The van der Waals surface area contributed by atoms with Crippen LogP contribution in [0.1, 0.15) is 29.2 Å². The van der Waals surface area contributed by atoms with Crippen LogP contribution in [0.25, 0.3) is 6.08 Å². The molecule has 0 spiro atoms. The van der Waals surface area contributed by atoms with Gasteiger partial charge >= 0.3 is 0 Å². The Balaban J connectivity index is 1.25. The molecule has 1 atom stereocenters. The van der Waals surface area contributed by atoms with Crippen molar-refractivity contribution in [2.45, 2.75) is 26.2 Å². The summed E-state index contributed by atoms with van der Waals surface area (Å²) in [6.45, 7) is 6.50. The van der Waals surface area contributed by atoms with Crippen molar-refractivity contribution >= 4 is 12.0 Å². The van der Waals surface area contributed by atoms with Gasteiger partial charge in [0.05, 0.1) is 5.69 Å². The molecule has 1 amide bonds. The van der Waals surface area contributed by atoms with Crippen LogP contribution in [0.5, 0.6) is 0 Å². The summed E-state index contributed by atoms with van der Waals surface area (Å²) in [7, 11) is 0. The Kier molecular flexibility index (Phi) is 5.39. The predicted molar refractivity (Wildman–Crippen MR) is 107 cm³/mol. The minimum absolute atomic E-state index is 0.113. The second kappa shape index (κ2) is 8.09. The molecular weight excluding hydrogens is 336 g/mol. The van der Waals surface area contributed by atoms with E-state index in [4.69, 9.17) is 0 Å². The smallest absolute Gasteiger partial charge is 0.226 e. The molecule has 2 aliphatic rings. The summed E-state index contributed by atoms with van der Waals surface area (Å²) in [6.07, 6.45) is 7.05. The van der Waals surface area contributed by atoms with Gasteiger partial charge in [-0.25, -0.2) is 4.98 Å². The zero-order valence-electron chi connectivity index (χ0n) is 16.0. The number of aryl methyl sites for hydroxylation is 2. The fourth-order valence-corrected chi connectivity index (χ4v) is 4.15. The highest BCUT2D eigenvalue weighted by Gasteiger charge is 2.31. The van der Waals surface area contributed by atoms with Gasteiger partial charge in [0.2, 0.25) is 5.91 Å². The van der Waals surface area contributed by atoms with Crippen molar-refractivity contribution < 1.29 is 4.79 Å². The fourth-order valence-electron chi connectivity index (χ4n) is 4.15. The normalized spacial score (nSPS) is 20.8. The molecule has 1 aliphatic carbocycles. The Morgan fingerprint density at radius 2 is 2.00 bits per heavy atom. The lowest BCUT2D eigenvalue weighted by atomic mass is 9.88. The molecule has 1 aliphatic heterocycles. The average molecular weight is 364 g/mol. The Bertz CT molecular complexity index is 803. The number of imidazole rings is 1. The number of fused-ring (bicyclic) bond motifs is 1. The standard InChI is InChI=1S/C22H28N4O/c1-17-23-20-10-9-19(16-21(20)24-17)22(27)26-14-12-25(13-15-26)11-5-8-18-6-3-2-4-7-18/h2-8,19H,9-16H2,1H3,(H,23,24)/b8-5+. The van der Waals surface area contributed by atoms with E-state index in [1.54, 1.807) is 0 Å².